The van der Waals surface area contributed by atoms with E-state index >= 15 is 0 Å². The molecule has 0 unspecified atom stereocenters. The lowest BCUT2D eigenvalue weighted by Crippen LogP contribution is -2.37. The van der Waals surface area contributed by atoms with E-state index in [2.05, 4.69) is 43.2 Å². The van der Waals surface area contributed by atoms with E-state index in [1.807, 2.05) is 49.5 Å². The van der Waals surface area contributed by atoms with E-state index in [1.54, 1.807) is 13.3 Å². The number of hydrogen-bond acceptors (Lipinski definition) is 4. The number of nitrogens with one attached hydrogen (secondary N) is 2. The average Bonchev–Trinajstić information content (AvgIpc) is 3.34. The van der Waals surface area contributed by atoms with Crippen LogP contribution in [0.1, 0.15) is 17.1 Å². The zero-order valence-corrected chi connectivity index (χ0v) is 19.5. The molecular formula is C22H25IN6O. The van der Waals surface area contributed by atoms with Gasteiger partial charge in [0.05, 0.1) is 29.8 Å². The van der Waals surface area contributed by atoms with E-state index in [9.17, 15) is 0 Å². The lowest BCUT2D eigenvalue weighted by molar-refractivity contribution is 0.572. The Morgan fingerprint density at radius 1 is 1.03 bits per heavy atom. The highest BCUT2D eigenvalue weighted by Gasteiger charge is 2.09. The molecule has 30 heavy (non-hydrogen) atoms. The number of guanidine groups is 1. The number of benzene rings is 2. The maximum atomic E-state index is 5.61. The first kappa shape index (κ1) is 21.8. The van der Waals surface area contributed by atoms with Gasteiger partial charge < -0.3 is 19.6 Å². The summed E-state index contributed by atoms with van der Waals surface area (Å²) in [5.74, 6) is 2.23. The molecule has 0 radical (unpaired) electrons. The number of fused-ring (bicyclic) bond motifs is 1. The summed E-state index contributed by atoms with van der Waals surface area (Å²) in [4.78, 5) is 13.5. The highest BCUT2D eigenvalue weighted by molar-refractivity contribution is 14.0. The average molecular weight is 516 g/mol. The van der Waals surface area contributed by atoms with Gasteiger partial charge in [-0.1, -0.05) is 29.8 Å². The van der Waals surface area contributed by atoms with Crippen molar-refractivity contribution in [1.82, 2.24) is 25.2 Å². The van der Waals surface area contributed by atoms with Crippen LogP contribution in [-0.2, 0) is 20.1 Å². The van der Waals surface area contributed by atoms with Crippen LogP contribution in [0.25, 0.3) is 22.5 Å². The van der Waals surface area contributed by atoms with E-state index in [0.717, 1.165) is 28.1 Å². The van der Waals surface area contributed by atoms with Crippen LogP contribution in [-0.4, -0.2) is 27.5 Å². The zero-order chi connectivity index (χ0) is 20.2. The number of oxazole rings is 1. The van der Waals surface area contributed by atoms with Gasteiger partial charge in [-0.15, -0.1) is 24.0 Å². The topological polar surface area (TPSA) is 80.3 Å². The van der Waals surface area contributed by atoms with Gasteiger partial charge in [0.2, 0.25) is 5.89 Å². The van der Waals surface area contributed by atoms with Crippen molar-refractivity contribution in [3.8, 4) is 11.5 Å². The van der Waals surface area contributed by atoms with Crippen LogP contribution in [0.5, 0.6) is 0 Å². The minimum Gasteiger partial charge on any atom is -0.444 e. The summed E-state index contributed by atoms with van der Waals surface area (Å²) < 4.78 is 7.69. The summed E-state index contributed by atoms with van der Waals surface area (Å²) in [6.07, 6.45) is 1.67. The summed E-state index contributed by atoms with van der Waals surface area (Å²) in [6, 6.07) is 16.2. The molecule has 2 N–H and O–H groups in total. The quantitative estimate of drug-likeness (QED) is 0.238. The van der Waals surface area contributed by atoms with E-state index in [4.69, 9.17) is 4.42 Å². The standard InChI is InChI=1S/C22H24N6O.HI/c1-15-8-10-16(11-9-15)21-26-17(14-29-21)12-24-22(23-2)25-13-20-27-18-6-4-5-7-19(18)28(20)3;/h4-11,14H,12-13H2,1-3H3,(H2,23,24,25);1H. The molecule has 0 saturated heterocycles. The van der Waals surface area contributed by atoms with Gasteiger partial charge in [0, 0.05) is 19.7 Å². The zero-order valence-electron chi connectivity index (χ0n) is 17.2. The van der Waals surface area contributed by atoms with Gasteiger partial charge in [0.25, 0.3) is 0 Å². The van der Waals surface area contributed by atoms with Crippen molar-refractivity contribution in [3.63, 3.8) is 0 Å². The van der Waals surface area contributed by atoms with Crippen molar-refractivity contribution in [2.24, 2.45) is 12.0 Å². The number of halogens is 1. The molecule has 8 heteroatoms. The van der Waals surface area contributed by atoms with E-state index in [0.29, 0.717) is 24.9 Å². The summed E-state index contributed by atoms with van der Waals surface area (Å²) in [5.41, 5.74) is 5.08. The minimum absolute atomic E-state index is 0. The number of aliphatic imine (C=N–C) groups is 1. The molecule has 0 aliphatic carbocycles. The van der Waals surface area contributed by atoms with Gasteiger partial charge in [-0.05, 0) is 31.2 Å². The molecule has 0 amide bonds. The molecule has 156 valence electrons. The summed E-state index contributed by atoms with van der Waals surface area (Å²) >= 11 is 0. The van der Waals surface area contributed by atoms with E-state index in [1.165, 1.54) is 5.56 Å². The molecule has 0 atom stereocenters. The monoisotopic (exact) mass is 516 g/mol. The predicted octanol–water partition coefficient (Wildman–Crippen LogP) is 4.02. The third-order valence-electron chi connectivity index (χ3n) is 4.80. The van der Waals surface area contributed by atoms with Gasteiger partial charge in [-0.3, -0.25) is 4.99 Å². The summed E-state index contributed by atoms with van der Waals surface area (Å²) in [7, 11) is 3.76. The first-order valence-electron chi connectivity index (χ1n) is 9.50. The summed E-state index contributed by atoms with van der Waals surface area (Å²) in [6.45, 7) is 3.14. The second-order valence-corrected chi connectivity index (χ2v) is 6.87. The van der Waals surface area contributed by atoms with E-state index < -0.39 is 0 Å². The molecular weight excluding hydrogens is 491 g/mol. The molecule has 4 aromatic rings. The highest BCUT2D eigenvalue weighted by Crippen LogP contribution is 2.19. The largest absolute Gasteiger partial charge is 0.444 e. The Morgan fingerprint density at radius 2 is 1.77 bits per heavy atom. The van der Waals surface area contributed by atoms with Gasteiger partial charge in [0.15, 0.2) is 5.96 Å². The fourth-order valence-electron chi connectivity index (χ4n) is 3.13. The number of para-hydroxylation sites is 2. The van der Waals surface area contributed by atoms with Crippen LogP contribution in [0.2, 0.25) is 0 Å². The fraction of sp³-hybridized carbons (Fsp3) is 0.227. The molecule has 4 rings (SSSR count). The van der Waals surface area contributed by atoms with Crippen molar-refractivity contribution >= 4 is 41.0 Å². The smallest absolute Gasteiger partial charge is 0.226 e. The molecule has 0 spiro atoms. The molecule has 2 aromatic carbocycles. The SMILES string of the molecule is CN=C(NCc1coc(-c2ccc(C)cc2)n1)NCc1nc2ccccc2n1C.I. The maximum absolute atomic E-state index is 5.61. The van der Waals surface area contributed by atoms with Gasteiger partial charge in [0.1, 0.15) is 12.1 Å². The number of hydrogen-bond donors (Lipinski definition) is 2. The molecule has 7 nitrogen and oxygen atoms in total. The first-order chi connectivity index (χ1) is 14.1. The number of aromatic nitrogens is 3. The summed E-state index contributed by atoms with van der Waals surface area (Å²) in [5, 5.41) is 6.56. The van der Waals surface area contributed by atoms with Crippen molar-refractivity contribution in [1.29, 1.82) is 0 Å². The van der Waals surface area contributed by atoms with Crippen LogP contribution in [0.4, 0.5) is 0 Å². The Morgan fingerprint density at radius 3 is 2.50 bits per heavy atom. The van der Waals surface area contributed by atoms with Crippen molar-refractivity contribution in [3.05, 3.63) is 71.9 Å². The lowest BCUT2D eigenvalue weighted by atomic mass is 10.1. The second-order valence-electron chi connectivity index (χ2n) is 6.87. The Labute approximate surface area is 192 Å². The minimum atomic E-state index is 0. The van der Waals surface area contributed by atoms with Crippen molar-refractivity contribution in [2.75, 3.05) is 7.05 Å². The van der Waals surface area contributed by atoms with Crippen LogP contribution in [0.3, 0.4) is 0 Å². The molecule has 0 fully saturated rings. The molecule has 0 saturated carbocycles. The maximum Gasteiger partial charge on any atom is 0.226 e. The molecule has 0 aliphatic heterocycles. The predicted molar refractivity (Wildman–Crippen MR) is 130 cm³/mol. The fourth-order valence-corrected chi connectivity index (χ4v) is 3.13. The van der Waals surface area contributed by atoms with Crippen LogP contribution >= 0.6 is 24.0 Å². The number of imidazole rings is 1. The third kappa shape index (κ3) is 4.81. The third-order valence-corrected chi connectivity index (χ3v) is 4.80. The normalized spacial score (nSPS) is 11.4. The van der Waals surface area contributed by atoms with Crippen molar-refractivity contribution in [2.45, 2.75) is 20.0 Å². The Hall–Kier alpha value is -2.88. The van der Waals surface area contributed by atoms with Gasteiger partial charge in [-0.25, -0.2) is 9.97 Å². The lowest BCUT2D eigenvalue weighted by Gasteiger charge is -2.10. The van der Waals surface area contributed by atoms with Crippen LogP contribution < -0.4 is 10.6 Å². The van der Waals surface area contributed by atoms with E-state index in [-0.39, 0.29) is 24.0 Å². The van der Waals surface area contributed by atoms with Crippen LogP contribution in [0.15, 0.2) is 64.2 Å². The molecule has 0 bridgehead atoms. The van der Waals surface area contributed by atoms with Gasteiger partial charge >= 0.3 is 0 Å². The number of aryl methyl sites for hydroxylation is 2. The van der Waals surface area contributed by atoms with Crippen molar-refractivity contribution < 1.29 is 4.42 Å². The number of nitrogens with zero attached hydrogens (tertiary/aromatic N) is 4. The molecule has 2 heterocycles. The second kappa shape index (κ2) is 9.75. The first-order valence-corrected chi connectivity index (χ1v) is 9.50. The Bertz CT molecular complexity index is 1150. The Balaban J connectivity index is 0.00000256. The highest BCUT2D eigenvalue weighted by atomic mass is 127. The molecule has 2 aromatic heterocycles. The molecule has 0 aliphatic rings. The van der Waals surface area contributed by atoms with Gasteiger partial charge in [-0.2, -0.15) is 0 Å². The number of rotatable bonds is 5. The van der Waals surface area contributed by atoms with Crippen LogP contribution in [0, 0.1) is 6.92 Å². The Kier molecular flexibility index (Phi) is 7.09.